The van der Waals surface area contributed by atoms with Crippen LogP contribution in [-0.4, -0.2) is 0 Å². The number of hydrogen-bond acceptors (Lipinski definition) is 0. The van der Waals surface area contributed by atoms with Crippen LogP contribution < -0.4 is 0 Å². The molecule has 0 amide bonds. The molecule has 30 aromatic carbocycles. The molecule has 0 aliphatic carbocycles. The molecule has 144 heavy (non-hydrogen) atoms. The molecule has 0 bridgehead atoms. The summed E-state index contributed by atoms with van der Waals surface area (Å²) in [6.07, 6.45) is 0. The van der Waals surface area contributed by atoms with Crippen molar-refractivity contribution in [3.05, 3.63) is 545 Å². The van der Waals surface area contributed by atoms with Crippen molar-refractivity contribution in [3.8, 4) is 134 Å². The molecular weight excluding hydrogens is 1730 g/mol. The van der Waals surface area contributed by atoms with Crippen LogP contribution in [0.3, 0.4) is 0 Å². The summed E-state index contributed by atoms with van der Waals surface area (Å²) < 4.78 is 507. The Hall–Kier alpha value is -18.7. The van der Waals surface area contributed by atoms with Gasteiger partial charge in [0.1, 0.15) is 0 Å². The van der Waals surface area contributed by atoms with E-state index in [-0.39, 0.29) is 141 Å². The Morgan fingerprint density at radius 2 is 0.340 bits per heavy atom. The van der Waals surface area contributed by atoms with Gasteiger partial charge < -0.3 is 0 Å². The smallest absolute Gasteiger partial charge is 0.0616 e. The van der Waals surface area contributed by atoms with Gasteiger partial charge in [0.25, 0.3) is 0 Å². The number of rotatable bonds is 12. The number of hydrogen-bond donors (Lipinski definition) is 0. The zero-order valence-electron chi connectivity index (χ0n) is 131. The van der Waals surface area contributed by atoms with Crippen LogP contribution in [0, 0.1) is 0 Å². The summed E-state index contributed by atoms with van der Waals surface area (Å²) in [5, 5.41) is -0.0983. The Bertz CT molecular complexity index is 14000. The third kappa shape index (κ3) is 14.3. The van der Waals surface area contributed by atoms with Crippen LogP contribution in [0.1, 0.15) is 76.8 Å². The van der Waals surface area contributed by atoms with Gasteiger partial charge in [-0.2, -0.15) is 0 Å². The van der Waals surface area contributed by atoms with Gasteiger partial charge in [-0.3, -0.25) is 0 Å². The molecule has 0 aliphatic rings. The molecule has 0 heteroatoms. The lowest BCUT2D eigenvalue weighted by Gasteiger charge is -2.17. The van der Waals surface area contributed by atoms with E-state index in [0.29, 0.717) is 27.5 Å². The standard InChI is InChI=1S/3C48H30/c3*1-3-14-39-31(8-1)10-6-16-41(39)33-18-20-34(21-19-33)43-26-24-35-22-23-36-25-27-44(46-29-28-45(43)47(35)48(36)46)38-13-5-12-37(30-38)42-17-7-11-32-9-2-4-15-40(32)42/h3*1-30H/i1D,2D,3D,4D,5D,6D,7D,8D,9D,10D,11D,12D,13D,14D,15D,16D,17D,18D,19D,20D,21D,22D,23D,24D,25D,26D,27D,28D,29D,30D;1D,3D,6D,8D,10D,14D,18D,19D,20D,21D,22D,23D,24D,25D,26D,27D,28D,29D;22D,23D,24D,25D,26D,27D,28D,29D. The average Bonchev–Trinajstić information content (AvgIpc) is 0.669. The summed E-state index contributed by atoms with van der Waals surface area (Å²) in [5.74, 6) is 0. The van der Waals surface area contributed by atoms with Crippen LogP contribution in [0.2, 0.25) is 0 Å². The quantitative estimate of drug-likeness (QED) is 0.107. The zero-order chi connectivity index (χ0) is 144. The fourth-order valence-corrected chi connectivity index (χ4v) is 19.5. The maximum atomic E-state index is 9.69. The number of fused-ring (bicyclic) bond motifs is 6. The van der Waals surface area contributed by atoms with E-state index >= 15 is 0 Å². The van der Waals surface area contributed by atoms with Crippen LogP contribution in [0.15, 0.2) is 545 Å². The highest BCUT2D eigenvalue weighted by molar-refractivity contribution is 6.31. The molecule has 0 aromatic heterocycles. The number of benzene rings is 30. The van der Waals surface area contributed by atoms with Gasteiger partial charge in [0, 0.05) is 0 Å². The molecule has 0 aliphatic heterocycles. The van der Waals surface area contributed by atoms with Crippen LogP contribution in [-0.2, 0) is 0 Å². The van der Waals surface area contributed by atoms with Gasteiger partial charge in [-0.15, -0.1) is 0 Å². The molecule has 666 valence electrons. The van der Waals surface area contributed by atoms with Crippen molar-refractivity contribution < 1.29 is 76.8 Å². The molecule has 30 rings (SSSR count). The first-order chi connectivity index (χ1) is 94.8. The summed E-state index contributed by atoms with van der Waals surface area (Å²) in [4.78, 5) is 0. The van der Waals surface area contributed by atoms with Gasteiger partial charge in [-0.25, -0.2) is 0 Å². The van der Waals surface area contributed by atoms with E-state index in [0.717, 1.165) is 71.8 Å². The highest BCUT2D eigenvalue weighted by atomic mass is 14.3. The van der Waals surface area contributed by atoms with Crippen molar-refractivity contribution in [2.45, 2.75) is 0 Å². The Morgan fingerprint density at radius 1 is 0.104 bits per heavy atom. The van der Waals surface area contributed by atoms with Gasteiger partial charge in [0.05, 0.1) is 76.8 Å². The van der Waals surface area contributed by atoms with E-state index in [2.05, 4.69) is 42.5 Å². The van der Waals surface area contributed by atoms with Crippen molar-refractivity contribution in [1.29, 1.82) is 0 Å². The fraction of sp³-hybridized carbons (Fsp3) is 0. The van der Waals surface area contributed by atoms with E-state index in [1.807, 2.05) is 140 Å². The van der Waals surface area contributed by atoms with Gasteiger partial charge in [0.2, 0.25) is 0 Å². The first kappa shape index (κ1) is 44.6. The predicted molar refractivity (Wildman–Crippen MR) is 621 cm³/mol. The molecular formula is C144H90. The summed E-state index contributed by atoms with van der Waals surface area (Å²) in [5.41, 5.74) is -0.331. The molecule has 0 saturated heterocycles. The van der Waals surface area contributed by atoms with E-state index in [4.69, 9.17) is 38.4 Å². The largest absolute Gasteiger partial charge is 0.0636 e. The Balaban J connectivity index is 0.000000135. The van der Waals surface area contributed by atoms with Gasteiger partial charge >= 0.3 is 0 Å². The van der Waals surface area contributed by atoms with Crippen molar-refractivity contribution in [2.24, 2.45) is 0 Å². The molecule has 0 N–H and O–H groups in total. The SMILES string of the molecule is [2H]c1c([2H])c(-c2c([2H])c([2H])c([2H])c3c([2H])c([2H])c([2H])c([2H])c23)c([2H])c(-c2c([2H])c([2H])c3c([2H])c([2H])c4c([2H])c([2H])c(-c5c([2H])c([2H])c(-c6c([2H])c([2H])c([2H])c7c([2H])c([2H])c([2H])c([2H])c67)c([2H])c5[2H])c5c([2H])c([2H])c2c3c45)c1[2H].[2H]c1c([2H])c2c([2H])c([2H])c3c([2H])c([2H])c(-c4cccc(-c5cccc6ccccc56)c4)c4c([2H])c([2H])c(c1-c1ccc(-c5cccc6ccccc56)cc1)c2c34.[2H]c1cc(-c2c([2H])c([2H])c(-c3c([2H])c([2H])c4c([2H])c([2H])c5c([2H])c([2H])c(-c6cccc(-c7cccc8ccccc78)c6)c6c([2H])c([2H])c3c4c56)c([2H])c2[2H])c2c([2H])c([2H])c([2H])c([2H])c2c1[2H]. The fourth-order valence-electron chi connectivity index (χ4n) is 19.5. The Morgan fingerprint density at radius 3 is 0.708 bits per heavy atom. The third-order valence-corrected chi connectivity index (χ3v) is 26.2. The molecule has 0 radical (unpaired) electrons. The first-order valence-corrected chi connectivity index (χ1v) is 45.5. The minimum absolute atomic E-state index is 0.0192. The molecule has 0 atom stereocenters. The van der Waals surface area contributed by atoms with Crippen LogP contribution in [0.5, 0.6) is 0 Å². The first-order valence-electron chi connectivity index (χ1n) is 73.5. The van der Waals surface area contributed by atoms with Crippen LogP contribution >= 0.6 is 0 Å². The topological polar surface area (TPSA) is 0 Å². The van der Waals surface area contributed by atoms with Crippen molar-refractivity contribution >= 4 is 162 Å². The third-order valence-electron chi connectivity index (χ3n) is 26.2. The lowest BCUT2D eigenvalue weighted by Crippen LogP contribution is -1.90. The van der Waals surface area contributed by atoms with Crippen LogP contribution in [0.25, 0.3) is 295 Å². The Kier molecular flexibility index (Phi) is 10.8. The lowest BCUT2D eigenvalue weighted by molar-refractivity contribution is 1.62. The lowest BCUT2D eigenvalue weighted by atomic mass is 9.86. The van der Waals surface area contributed by atoms with Crippen molar-refractivity contribution in [1.82, 2.24) is 0 Å². The Labute approximate surface area is 913 Å². The summed E-state index contributed by atoms with van der Waals surface area (Å²) in [7, 11) is 0. The van der Waals surface area contributed by atoms with E-state index < -0.39 is 399 Å². The molecule has 0 spiro atoms. The molecule has 0 unspecified atom stereocenters. The summed E-state index contributed by atoms with van der Waals surface area (Å²) in [6, 6.07) is 24.3. The second kappa shape index (κ2) is 34.7. The highest BCUT2D eigenvalue weighted by Crippen LogP contribution is 2.50. The highest BCUT2D eigenvalue weighted by Gasteiger charge is 2.23. The van der Waals surface area contributed by atoms with E-state index in [1.54, 1.807) is 18.2 Å². The summed E-state index contributed by atoms with van der Waals surface area (Å²) in [6.45, 7) is 0. The van der Waals surface area contributed by atoms with Crippen molar-refractivity contribution in [3.63, 3.8) is 0 Å². The van der Waals surface area contributed by atoms with Crippen molar-refractivity contribution in [2.75, 3.05) is 0 Å². The minimum atomic E-state index is -1.05. The molecule has 0 heterocycles. The van der Waals surface area contributed by atoms with Gasteiger partial charge in [-0.05, 0) is 313 Å². The predicted octanol–water partition coefficient (Wildman–Crippen LogP) is 40.7. The normalized spacial score (nSPS) is 17.2. The van der Waals surface area contributed by atoms with Gasteiger partial charge in [-0.1, -0.05) is 526 Å². The second-order valence-electron chi connectivity index (χ2n) is 34.1. The van der Waals surface area contributed by atoms with E-state index in [1.165, 1.54) is 0 Å². The average molecular weight is 1880 g/mol. The zero-order valence-corrected chi connectivity index (χ0v) is 74.6. The van der Waals surface area contributed by atoms with Gasteiger partial charge in [0.15, 0.2) is 0 Å². The molecule has 30 aromatic rings. The molecule has 0 fully saturated rings. The summed E-state index contributed by atoms with van der Waals surface area (Å²) >= 11 is 0. The molecule has 0 saturated carbocycles. The van der Waals surface area contributed by atoms with E-state index in [9.17, 15) is 38.4 Å². The monoisotopic (exact) mass is 1880 g/mol. The molecule has 0 nitrogen and oxygen atoms in total. The minimum Gasteiger partial charge on any atom is -0.0616 e. The maximum Gasteiger partial charge on any atom is 0.0636 e. The van der Waals surface area contributed by atoms with Crippen LogP contribution in [0.4, 0.5) is 0 Å². The second-order valence-corrected chi connectivity index (χ2v) is 34.1. The maximum absolute atomic E-state index is 9.69.